The highest BCUT2D eigenvalue weighted by Crippen LogP contribution is 2.45. The van der Waals surface area contributed by atoms with Crippen LogP contribution < -0.4 is 0 Å². The Balaban J connectivity index is 2.56. The van der Waals surface area contributed by atoms with Gasteiger partial charge in [-0.15, -0.1) is 0 Å². The van der Waals surface area contributed by atoms with Gasteiger partial charge in [0.25, 0.3) is 5.92 Å². The Kier molecular flexibility index (Phi) is 4.85. The van der Waals surface area contributed by atoms with E-state index in [2.05, 4.69) is 15.9 Å². The first-order valence-electron chi connectivity index (χ1n) is 6.87. The molecule has 1 aliphatic carbocycles. The van der Waals surface area contributed by atoms with Crippen LogP contribution >= 0.6 is 15.9 Å². The Morgan fingerprint density at radius 3 is 2.45 bits per heavy atom. The second-order valence-electron chi connectivity index (χ2n) is 5.45. The summed E-state index contributed by atoms with van der Waals surface area (Å²) in [6, 6.07) is 5.99. The number of ether oxygens (including phenoxy) is 1. The van der Waals surface area contributed by atoms with E-state index in [0.29, 0.717) is 4.47 Å². The topological polar surface area (TPSA) is 26.3 Å². The maximum absolute atomic E-state index is 15.0. The van der Waals surface area contributed by atoms with Crippen LogP contribution in [0.4, 0.5) is 8.78 Å². The lowest BCUT2D eigenvalue weighted by atomic mass is 9.82. The second-order valence-corrected chi connectivity index (χ2v) is 6.36. The molecule has 2 rings (SSSR count). The summed E-state index contributed by atoms with van der Waals surface area (Å²) in [6.45, 7) is 3.67. The normalized spacial score (nSPS) is 16.1. The average Bonchev–Trinajstić information content (AvgIpc) is 2.48. The van der Waals surface area contributed by atoms with Gasteiger partial charge in [0.05, 0.1) is 7.11 Å². The quantitative estimate of drug-likeness (QED) is 0.543. The summed E-state index contributed by atoms with van der Waals surface area (Å²) in [4.78, 5) is 11.9. The summed E-state index contributed by atoms with van der Waals surface area (Å²) >= 11 is 3.21. The van der Waals surface area contributed by atoms with Gasteiger partial charge < -0.3 is 4.74 Å². The maximum Gasteiger partial charge on any atom is 0.334 e. The van der Waals surface area contributed by atoms with E-state index in [0.717, 1.165) is 11.1 Å². The number of methoxy groups -OCH3 is 1. The standard InChI is InChI=1S/C17H17BrF2O2/c1-10-7-14(16(21)22-3)15(8-11(10)2)17(19,20)12-5-4-6-13(18)9-12/h4-6,9H,7-8H2,1-3H3. The zero-order valence-electron chi connectivity index (χ0n) is 12.7. The molecule has 5 heteroatoms. The molecule has 0 bridgehead atoms. The van der Waals surface area contributed by atoms with Crippen molar-refractivity contribution in [1.29, 1.82) is 0 Å². The molecule has 0 saturated heterocycles. The number of carbonyl (C=O) groups excluding carboxylic acids is 1. The first-order valence-corrected chi connectivity index (χ1v) is 7.66. The van der Waals surface area contributed by atoms with Gasteiger partial charge in [-0.3, -0.25) is 0 Å². The smallest absolute Gasteiger partial charge is 0.334 e. The minimum atomic E-state index is -3.21. The van der Waals surface area contributed by atoms with E-state index in [1.807, 2.05) is 13.8 Å². The van der Waals surface area contributed by atoms with Crippen LogP contribution in [-0.2, 0) is 15.5 Å². The van der Waals surface area contributed by atoms with E-state index in [4.69, 9.17) is 4.74 Å². The van der Waals surface area contributed by atoms with Crippen LogP contribution in [0.25, 0.3) is 0 Å². The van der Waals surface area contributed by atoms with Crippen LogP contribution in [0.3, 0.4) is 0 Å². The molecular weight excluding hydrogens is 354 g/mol. The van der Waals surface area contributed by atoms with Gasteiger partial charge in [0.2, 0.25) is 0 Å². The van der Waals surface area contributed by atoms with E-state index < -0.39 is 11.9 Å². The minimum absolute atomic E-state index is 0.0653. The first-order chi connectivity index (χ1) is 10.3. The van der Waals surface area contributed by atoms with E-state index >= 15 is 0 Å². The molecule has 0 fully saturated rings. The zero-order chi connectivity index (χ0) is 16.5. The van der Waals surface area contributed by atoms with Crippen LogP contribution in [0.2, 0.25) is 0 Å². The van der Waals surface area contributed by atoms with Gasteiger partial charge in [0, 0.05) is 27.6 Å². The lowest BCUT2D eigenvalue weighted by Crippen LogP contribution is -2.24. The molecule has 1 aromatic rings. The molecule has 2 nitrogen and oxygen atoms in total. The molecule has 1 aliphatic rings. The van der Waals surface area contributed by atoms with Crippen molar-refractivity contribution in [3.63, 3.8) is 0 Å². The number of hydrogen-bond donors (Lipinski definition) is 0. The highest BCUT2D eigenvalue weighted by molar-refractivity contribution is 9.10. The van der Waals surface area contributed by atoms with Gasteiger partial charge in [-0.2, -0.15) is 8.78 Å². The Morgan fingerprint density at radius 1 is 1.23 bits per heavy atom. The molecule has 0 aliphatic heterocycles. The van der Waals surface area contributed by atoms with Crippen molar-refractivity contribution in [2.24, 2.45) is 0 Å². The van der Waals surface area contributed by atoms with Crippen molar-refractivity contribution in [2.45, 2.75) is 32.6 Å². The van der Waals surface area contributed by atoms with Crippen LogP contribution in [0.1, 0.15) is 32.3 Å². The minimum Gasteiger partial charge on any atom is -0.466 e. The average molecular weight is 371 g/mol. The van der Waals surface area contributed by atoms with E-state index in [1.54, 1.807) is 12.1 Å². The van der Waals surface area contributed by atoms with Crippen molar-refractivity contribution in [2.75, 3.05) is 7.11 Å². The number of benzene rings is 1. The van der Waals surface area contributed by atoms with Gasteiger partial charge in [-0.05, 0) is 32.4 Å². The Labute approximate surface area is 137 Å². The molecule has 22 heavy (non-hydrogen) atoms. The molecular formula is C17H17BrF2O2. The van der Waals surface area contributed by atoms with Gasteiger partial charge in [-0.25, -0.2) is 4.79 Å². The third-order valence-electron chi connectivity index (χ3n) is 3.97. The molecule has 118 valence electrons. The van der Waals surface area contributed by atoms with Gasteiger partial charge >= 0.3 is 5.97 Å². The van der Waals surface area contributed by atoms with Crippen LogP contribution in [0.5, 0.6) is 0 Å². The van der Waals surface area contributed by atoms with Crippen LogP contribution in [0, 0.1) is 0 Å². The van der Waals surface area contributed by atoms with Gasteiger partial charge in [-0.1, -0.05) is 39.2 Å². The summed E-state index contributed by atoms with van der Waals surface area (Å²) in [5, 5.41) is 0. The van der Waals surface area contributed by atoms with Crippen LogP contribution in [-0.4, -0.2) is 13.1 Å². The predicted molar refractivity (Wildman–Crippen MR) is 84.7 cm³/mol. The fourth-order valence-electron chi connectivity index (χ4n) is 2.52. The highest BCUT2D eigenvalue weighted by Gasteiger charge is 2.41. The third-order valence-corrected chi connectivity index (χ3v) is 4.47. The molecule has 0 amide bonds. The number of allylic oxidation sites excluding steroid dienone is 3. The maximum atomic E-state index is 15.0. The van der Waals surface area contributed by atoms with E-state index in [-0.39, 0.29) is 29.6 Å². The lowest BCUT2D eigenvalue weighted by molar-refractivity contribution is -0.136. The van der Waals surface area contributed by atoms with Crippen molar-refractivity contribution < 1.29 is 18.3 Å². The van der Waals surface area contributed by atoms with E-state index in [1.165, 1.54) is 19.2 Å². The predicted octanol–water partition coefficient (Wildman–Crippen LogP) is 5.14. The molecule has 0 N–H and O–H groups in total. The molecule has 0 unspecified atom stereocenters. The summed E-state index contributed by atoms with van der Waals surface area (Å²) in [7, 11) is 1.21. The fourth-order valence-corrected chi connectivity index (χ4v) is 2.92. The van der Waals surface area contributed by atoms with Crippen molar-refractivity contribution in [3.8, 4) is 0 Å². The molecule has 1 aromatic carbocycles. The molecule has 0 atom stereocenters. The summed E-state index contributed by atoms with van der Waals surface area (Å²) < 4.78 is 35.2. The molecule has 0 saturated carbocycles. The van der Waals surface area contributed by atoms with Crippen LogP contribution in [0.15, 0.2) is 51.0 Å². The summed E-state index contributed by atoms with van der Waals surface area (Å²) in [5.41, 5.74) is 1.58. The largest absolute Gasteiger partial charge is 0.466 e. The Bertz CT molecular complexity index is 675. The number of carbonyl (C=O) groups is 1. The summed E-state index contributed by atoms with van der Waals surface area (Å²) in [5.74, 6) is -3.90. The number of rotatable bonds is 3. The SMILES string of the molecule is COC(=O)C1=C(C(F)(F)c2cccc(Br)c2)CC(C)=C(C)C1. The van der Waals surface area contributed by atoms with E-state index in [9.17, 15) is 13.6 Å². The fraction of sp³-hybridized carbons (Fsp3) is 0.353. The van der Waals surface area contributed by atoms with Gasteiger partial charge in [0.1, 0.15) is 0 Å². The molecule has 0 spiro atoms. The highest BCUT2D eigenvalue weighted by atomic mass is 79.9. The summed E-state index contributed by atoms with van der Waals surface area (Å²) in [6.07, 6.45) is 0.285. The monoisotopic (exact) mass is 370 g/mol. The zero-order valence-corrected chi connectivity index (χ0v) is 14.3. The van der Waals surface area contributed by atoms with Gasteiger partial charge in [0.15, 0.2) is 0 Å². The molecule has 0 aromatic heterocycles. The molecule has 0 radical (unpaired) electrons. The number of halogens is 3. The van der Waals surface area contributed by atoms with Crippen molar-refractivity contribution in [1.82, 2.24) is 0 Å². The number of hydrogen-bond acceptors (Lipinski definition) is 2. The number of esters is 1. The second kappa shape index (κ2) is 6.32. The Morgan fingerprint density at radius 2 is 1.86 bits per heavy atom. The Hall–Kier alpha value is -1.49. The molecule has 0 heterocycles. The van der Waals surface area contributed by atoms with Crippen molar-refractivity contribution in [3.05, 3.63) is 56.6 Å². The third kappa shape index (κ3) is 3.14. The van der Waals surface area contributed by atoms with Crippen molar-refractivity contribution >= 4 is 21.9 Å². The first kappa shape index (κ1) is 16.9. The lowest BCUT2D eigenvalue weighted by Gasteiger charge is -2.28. The number of alkyl halides is 2.